The monoisotopic (exact) mass is 339 g/mol. The Bertz CT molecular complexity index is 373. The van der Waals surface area contributed by atoms with Crippen LogP contribution in [0.5, 0.6) is 0 Å². The molecule has 1 aliphatic heterocycles. The van der Waals surface area contributed by atoms with Gasteiger partial charge >= 0.3 is 0 Å². The third-order valence-corrected chi connectivity index (χ3v) is 8.29. The number of hydrogen-bond donors (Lipinski definition) is 1. The van der Waals surface area contributed by atoms with Crippen LogP contribution in [0.15, 0.2) is 0 Å². The summed E-state index contributed by atoms with van der Waals surface area (Å²) in [6, 6.07) is 0.448. The molecular weight excluding hydrogens is 310 g/mol. The maximum atomic E-state index is 11.3. The van der Waals surface area contributed by atoms with Crippen LogP contribution in [0.4, 0.5) is 0 Å². The summed E-state index contributed by atoms with van der Waals surface area (Å²) in [5.41, 5.74) is 0. The minimum atomic E-state index is -2.83. The third-order valence-electron chi connectivity index (χ3n) is 3.71. The van der Waals surface area contributed by atoms with Gasteiger partial charge in [-0.15, -0.1) is 0 Å². The Morgan fingerprint density at radius 2 is 2.00 bits per heavy atom. The summed E-state index contributed by atoms with van der Waals surface area (Å²) >= 11 is 4.13. The SMILES string of the molecule is CCCNC(CCCS(C)(=O)=O)C1CSC(C)C(C)S1. The molecule has 0 amide bonds. The lowest BCUT2D eigenvalue weighted by molar-refractivity contribution is 0.471. The summed E-state index contributed by atoms with van der Waals surface area (Å²) < 4.78 is 22.5. The van der Waals surface area contributed by atoms with Crippen molar-refractivity contribution in [3.63, 3.8) is 0 Å². The largest absolute Gasteiger partial charge is 0.313 e. The molecule has 6 heteroatoms. The average molecular weight is 340 g/mol. The van der Waals surface area contributed by atoms with Gasteiger partial charge in [-0.05, 0) is 25.8 Å². The molecule has 4 unspecified atom stereocenters. The predicted molar refractivity (Wildman–Crippen MR) is 93.8 cm³/mol. The Hall–Kier alpha value is 0.610. The highest BCUT2D eigenvalue weighted by atomic mass is 32.2. The minimum Gasteiger partial charge on any atom is -0.313 e. The van der Waals surface area contributed by atoms with Crippen molar-refractivity contribution in [3.05, 3.63) is 0 Å². The van der Waals surface area contributed by atoms with E-state index in [1.165, 1.54) is 12.0 Å². The molecule has 0 saturated carbocycles. The van der Waals surface area contributed by atoms with Crippen molar-refractivity contribution in [2.24, 2.45) is 0 Å². The van der Waals surface area contributed by atoms with Gasteiger partial charge in [0.15, 0.2) is 0 Å². The van der Waals surface area contributed by atoms with Gasteiger partial charge in [-0.25, -0.2) is 8.42 Å². The molecular formula is C14H29NO2S3. The maximum Gasteiger partial charge on any atom is 0.147 e. The Kier molecular flexibility index (Phi) is 8.31. The second-order valence-electron chi connectivity index (χ2n) is 5.75. The molecule has 1 N–H and O–H groups in total. The molecule has 0 aromatic heterocycles. The van der Waals surface area contributed by atoms with Crippen LogP contribution in [0.2, 0.25) is 0 Å². The van der Waals surface area contributed by atoms with Crippen molar-refractivity contribution in [1.29, 1.82) is 0 Å². The van der Waals surface area contributed by atoms with E-state index in [0.29, 0.717) is 22.3 Å². The van der Waals surface area contributed by atoms with Crippen molar-refractivity contribution >= 4 is 33.4 Å². The Balaban J connectivity index is 2.50. The van der Waals surface area contributed by atoms with E-state index in [4.69, 9.17) is 0 Å². The number of hydrogen-bond acceptors (Lipinski definition) is 5. The van der Waals surface area contributed by atoms with Gasteiger partial charge in [0.05, 0.1) is 0 Å². The summed E-state index contributed by atoms with van der Waals surface area (Å²) in [7, 11) is -2.83. The highest BCUT2D eigenvalue weighted by Crippen LogP contribution is 2.37. The molecule has 1 saturated heterocycles. The van der Waals surface area contributed by atoms with Crippen molar-refractivity contribution < 1.29 is 8.42 Å². The van der Waals surface area contributed by atoms with Gasteiger partial charge in [0.1, 0.15) is 9.84 Å². The molecule has 120 valence electrons. The smallest absolute Gasteiger partial charge is 0.147 e. The Morgan fingerprint density at radius 3 is 2.55 bits per heavy atom. The van der Waals surface area contributed by atoms with Crippen molar-refractivity contribution in [2.45, 2.75) is 61.8 Å². The van der Waals surface area contributed by atoms with Gasteiger partial charge in [0, 0.05) is 39.6 Å². The zero-order chi connectivity index (χ0) is 15.2. The number of thioether (sulfide) groups is 2. The lowest BCUT2D eigenvalue weighted by Gasteiger charge is -2.36. The summed E-state index contributed by atoms with van der Waals surface area (Å²) in [5, 5.41) is 5.64. The van der Waals surface area contributed by atoms with Crippen LogP contribution in [0.1, 0.15) is 40.0 Å². The molecule has 3 nitrogen and oxygen atoms in total. The molecule has 1 fully saturated rings. The first-order valence-corrected chi connectivity index (χ1v) is 11.6. The van der Waals surface area contributed by atoms with Crippen LogP contribution in [0.3, 0.4) is 0 Å². The van der Waals surface area contributed by atoms with Gasteiger partial charge in [0.25, 0.3) is 0 Å². The Labute approximate surface area is 133 Å². The normalized spacial score (nSPS) is 29.3. The van der Waals surface area contributed by atoms with E-state index < -0.39 is 9.84 Å². The highest BCUT2D eigenvalue weighted by molar-refractivity contribution is 8.07. The zero-order valence-electron chi connectivity index (χ0n) is 13.1. The van der Waals surface area contributed by atoms with Crippen molar-refractivity contribution in [2.75, 3.05) is 24.3 Å². The van der Waals surface area contributed by atoms with Crippen LogP contribution in [-0.2, 0) is 9.84 Å². The standard InChI is InChI=1S/C14H29NO2S3/c1-5-8-15-13(7-6-9-20(4,16)17)14-10-18-11(2)12(3)19-14/h11-15H,5-10H2,1-4H3. The fourth-order valence-corrected chi connectivity index (χ4v) is 6.19. The Morgan fingerprint density at radius 1 is 1.30 bits per heavy atom. The lowest BCUT2D eigenvalue weighted by atomic mass is 10.1. The molecule has 0 aromatic carbocycles. The third kappa shape index (κ3) is 7.05. The van der Waals surface area contributed by atoms with Gasteiger partial charge < -0.3 is 5.32 Å². The first-order chi connectivity index (χ1) is 9.33. The van der Waals surface area contributed by atoms with E-state index >= 15 is 0 Å². The molecule has 4 atom stereocenters. The van der Waals surface area contributed by atoms with E-state index in [9.17, 15) is 8.42 Å². The van der Waals surface area contributed by atoms with Crippen LogP contribution in [-0.4, -0.2) is 54.5 Å². The second kappa shape index (κ2) is 8.91. The number of rotatable bonds is 8. The van der Waals surface area contributed by atoms with Crippen LogP contribution >= 0.6 is 23.5 Å². The summed E-state index contributed by atoms with van der Waals surface area (Å²) in [6.45, 7) is 7.81. The van der Waals surface area contributed by atoms with Crippen molar-refractivity contribution in [1.82, 2.24) is 5.32 Å². The van der Waals surface area contributed by atoms with Gasteiger partial charge in [-0.3, -0.25) is 0 Å². The average Bonchev–Trinajstić information content (AvgIpc) is 2.35. The predicted octanol–water partition coefficient (Wildman–Crippen LogP) is 2.81. The van der Waals surface area contributed by atoms with Crippen LogP contribution < -0.4 is 5.32 Å². The summed E-state index contributed by atoms with van der Waals surface area (Å²) in [6.07, 6.45) is 4.19. The van der Waals surface area contributed by atoms with Gasteiger partial charge in [-0.1, -0.05) is 20.8 Å². The maximum absolute atomic E-state index is 11.3. The molecule has 0 bridgehead atoms. The molecule has 0 radical (unpaired) electrons. The molecule has 1 aliphatic rings. The number of nitrogens with one attached hydrogen (secondary N) is 1. The minimum absolute atomic E-state index is 0.313. The van der Waals surface area contributed by atoms with Gasteiger partial charge in [0.2, 0.25) is 0 Å². The topological polar surface area (TPSA) is 46.2 Å². The van der Waals surface area contributed by atoms with E-state index in [-0.39, 0.29) is 0 Å². The molecule has 0 spiro atoms. The molecule has 20 heavy (non-hydrogen) atoms. The van der Waals surface area contributed by atoms with Crippen molar-refractivity contribution in [3.8, 4) is 0 Å². The summed E-state index contributed by atoms with van der Waals surface area (Å²) in [5.74, 6) is 1.49. The van der Waals surface area contributed by atoms with Crippen LogP contribution in [0.25, 0.3) is 0 Å². The van der Waals surface area contributed by atoms with E-state index in [2.05, 4.69) is 49.6 Å². The summed E-state index contributed by atoms with van der Waals surface area (Å²) in [4.78, 5) is 0. The first kappa shape index (κ1) is 18.7. The first-order valence-electron chi connectivity index (χ1n) is 7.51. The van der Waals surface area contributed by atoms with Crippen LogP contribution in [0, 0.1) is 0 Å². The fraction of sp³-hybridized carbons (Fsp3) is 1.00. The molecule has 1 rings (SSSR count). The lowest BCUT2D eigenvalue weighted by Crippen LogP contribution is -2.43. The molecule has 1 heterocycles. The second-order valence-corrected chi connectivity index (χ2v) is 11.0. The molecule has 0 aliphatic carbocycles. The number of sulfone groups is 1. The fourth-order valence-electron chi connectivity index (χ4n) is 2.33. The van der Waals surface area contributed by atoms with E-state index in [1.807, 2.05) is 0 Å². The van der Waals surface area contributed by atoms with E-state index in [0.717, 1.165) is 31.1 Å². The van der Waals surface area contributed by atoms with E-state index in [1.54, 1.807) is 0 Å². The van der Waals surface area contributed by atoms with Gasteiger partial charge in [-0.2, -0.15) is 23.5 Å². The quantitative estimate of drug-likeness (QED) is 0.737. The highest BCUT2D eigenvalue weighted by Gasteiger charge is 2.30. The molecule has 0 aromatic rings. The zero-order valence-corrected chi connectivity index (χ0v) is 15.5.